The van der Waals surface area contributed by atoms with E-state index >= 15 is 0 Å². The number of nitrogens with zero attached hydrogens (tertiary/aromatic N) is 1. The molecular weight excluding hydrogens is 278 g/mol. The van der Waals surface area contributed by atoms with E-state index in [2.05, 4.69) is 37.5 Å². The second-order valence-corrected chi connectivity index (χ2v) is 6.71. The Hall–Kier alpha value is -1.21. The average molecular weight is 302 g/mol. The molecule has 0 spiro atoms. The lowest BCUT2D eigenvalue weighted by Crippen LogP contribution is -2.12. The minimum absolute atomic E-state index is 0.535. The van der Waals surface area contributed by atoms with E-state index in [1.807, 2.05) is 12.1 Å². The van der Waals surface area contributed by atoms with Crippen LogP contribution in [-0.4, -0.2) is 4.57 Å². The highest BCUT2D eigenvalue weighted by Crippen LogP contribution is 2.39. The Balaban J connectivity index is 2.25. The third-order valence-electron chi connectivity index (χ3n) is 4.59. The first-order chi connectivity index (χ1) is 10.1. The summed E-state index contributed by atoms with van der Waals surface area (Å²) in [7, 11) is 0. The summed E-state index contributed by atoms with van der Waals surface area (Å²) < 4.78 is 2.60. The predicted octanol–water partition coefficient (Wildman–Crippen LogP) is 5.83. The molecule has 0 atom stereocenters. The highest BCUT2D eigenvalue weighted by Gasteiger charge is 2.25. The van der Waals surface area contributed by atoms with Crippen LogP contribution in [0.3, 0.4) is 0 Å². The van der Waals surface area contributed by atoms with Crippen LogP contribution in [-0.2, 0) is 19.3 Å². The van der Waals surface area contributed by atoms with Crippen LogP contribution in [0.4, 0.5) is 0 Å². The van der Waals surface area contributed by atoms with Crippen LogP contribution in [0, 0.1) is 0 Å². The molecule has 3 rings (SSSR count). The summed E-state index contributed by atoms with van der Waals surface area (Å²) in [5.41, 5.74) is 7.48. The molecule has 1 heterocycles. The molecule has 0 N–H and O–H groups in total. The van der Waals surface area contributed by atoms with Crippen molar-refractivity contribution in [2.24, 2.45) is 0 Å². The molecule has 1 aromatic heterocycles. The standard InChI is InChI=1S/C19H24ClN/c1-4-17-19(14-9-11-15(20)12-10-14)16-7-5-6-8-18(16)21(17)13(2)3/h9-13H,4-8H2,1-3H3. The van der Waals surface area contributed by atoms with E-state index in [0.29, 0.717) is 6.04 Å². The quantitative estimate of drug-likeness (QED) is 0.672. The third-order valence-corrected chi connectivity index (χ3v) is 4.85. The van der Waals surface area contributed by atoms with E-state index in [4.69, 9.17) is 11.6 Å². The lowest BCUT2D eigenvalue weighted by atomic mass is 9.91. The van der Waals surface area contributed by atoms with Crippen molar-refractivity contribution in [1.29, 1.82) is 0 Å². The average Bonchev–Trinajstić information content (AvgIpc) is 2.82. The second kappa shape index (κ2) is 5.88. The normalized spacial score (nSPS) is 14.5. The van der Waals surface area contributed by atoms with E-state index in [-0.39, 0.29) is 0 Å². The minimum atomic E-state index is 0.535. The summed E-state index contributed by atoms with van der Waals surface area (Å²) in [4.78, 5) is 0. The van der Waals surface area contributed by atoms with Gasteiger partial charge in [0.2, 0.25) is 0 Å². The van der Waals surface area contributed by atoms with Gasteiger partial charge in [0.25, 0.3) is 0 Å². The maximum atomic E-state index is 6.07. The van der Waals surface area contributed by atoms with Crippen molar-refractivity contribution in [2.75, 3.05) is 0 Å². The van der Waals surface area contributed by atoms with Gasteiger partial charge in [-0.15, -0.1) is 0 Å². The van der Waals surface area contributed by atoms with Crippen molar-refractivity contribution in [2.45, 2.75) is 58.9 Å². The number of rotatable bonds is 3. The molecule has 0 saturated heterocycles. The number of benzene rings is 1. The van der Waals surface area contributed by atoms with Crippen LogP contribution in [0.1, 0.15) is 56.6 Å². The molecule has 0 fully saturated rings. The Morgan fingerprint density at radius 2 is 1.76 bits per heavy atom. The Labute approximate surface area is 132 Å². The number of hydrogen-bond acceptors (Lipinski definition) is 0. The maximum absolute atomic E-state index is 6.07. The van der Waals surface area contributed by atoms with E-state index < -0.39 is 0 Å². The van der Waals surface area contributed by atoms with Crippen molar-refractivity contribution in [1.82, 2.24) is 4.57 Å². The van der Waals surface area contributed by atoms with Gasteiger partial charge >= 0.3 is 0 Å². The van der Waals surface area contributed by atoms with E-state index in [9.17, 15) is 0 Å². The fourth-order valence-corrected chi connectivity index (χ4v) is 3.94. The summed E-state index contributed by atoms with van der Waals surface area (Å²) >= 11 is 6.07. The molecule has 2 aromatic rings. The van der Waals surface area contributed by atoms with Crippen LogP contribution in [0.25, 0.3) is 11.1 Å². The summed E-state index contributed by atoms with van der Waals surface area (Å²) in [6.07, 6.45) is 6.18. The van der Waals surface area contributed by atoms with Gasteiger partial charge in [-0.1, -0.05) is 30.7 Å². The molecule has 1 aliphatic rings. The molecule has 0 radical (unpaired) electrons. The summed E-state index contributed by atoms with van der Waals surface area (Å²) in [5, 5.41) is 0.814. The van der Waals surface area contributed by atoms with Crippen molar-refractivity contribution in [3.8, 4) is 11.1 Å². The Kier molecular flexibility index (Phi) is 4.12. The lowest BCUT2D eigenvalue weighted by molar-refractivity contribution is 0.532. The van der Waals surface area contributed by atoms with Gasteiger partial charge in [-0.25, -0.2) is 0 Å². The summed E-state index contributed by atoms with van der Waals surface area (Å²) in [5.74, 6) is 0. The highest BCUT2D eigenvalue weighted by atomic mass is 35.5. The molecule has 1 aromatic carbocycles. The number of hydrogen-bond donors (Lipinski definition) is 0. The van der Waals surface area contributed by atoms with Gasteiger partial charge < -0.3 is 4.57 Å². The molecular formula is C19H24ClN. The first kappa shape index (κ1) is 14.7. The Bertz CT molecular complexity index is 635. The molecule has 2 heteroatoms. The van der Waals surface area contributed by atoms with Gasteiger partial charge in [0.1, 0.15) is 0 Å². The van der Waals surface area contributed by atoms with Gasteiger partial charge in [-0.05, 0) is 69.2 Å². The van der Waals surface area contributed by atoms with Crippen molar-refractivity contribution in [3.63, 3.8) is 0 Å². The molecule has 0 saturated carbocycles. The zero-order chi connectivity index (χ0) is 15.0. The van der Waals surface area contributed by atoms with E-state index in [1.165, 1.54) is 42.5 Å². The molecule has 0 unspecified atom stereocenters. The Morgan fingerprint density at radius 1 is 1.10 bits per heavy atom. The third kappa shape index (κ3) is 2.53. The van der Waals surface area contributed by atoms with Crippen LogP contribution in [0.5, 0.6) is 0 Å². The zero-order valence-corrected chi connectivity index (χ0v) is 14.0. The molecule has 0 bridgehead atoms. The van der Waals surface area contributed by atoms with E-state index in [0.717, 1.165) is 11.4 Å². The SMILES string of the molecule is CCc1c(-c2ccc(Cl)cc2)c2c(n1C(C)C)CCCC2. The highest BCUT2D eigenvalue weighted by molar-refractivity contribution is 6.30. The van der Waals surface area contributed by atoms with Gasteiger partial charge in [-0.2, -0.15) is 0 Å². The number of aromatic nitrogens is 1. The molecule has 1 aliphatic carbocycles. The van der Waals surface area contributed by atoms with Crippen LogP contribution in [0.2, 0.25) is 5.02 Å². The van der Waals surface area contributed by atoms with Gasteiger partial charge in [0.15, 0.2) is 0 Å². The van der Waals surface area contributed by atoms with Gasteiger partial charge in [-0.3, -0.25) is 0 Å². The minimum Gasteiger partial charge on any atom is -0.345 e. The van der Waals surface area contributed by atoms with Crippen LogP contribution >= 0.6 is 11.6 Å². The zero-order valence-electron chi connectivity index (χ0n) is 13.2. The number of halogens is 1. The molecule has 112 valence electrons. The van der Waals surface area contributed by atoms with Crippen molar-refractivity contribution in [3.05, 3.63) is 46.2 Å². The largest absolute Gasteiger partial charge is 0.345 e. The Morgan fingerprint density at radius 3 is 2.38 bits per heavy atom. The van der Waals surface area contributed by atoms with Gasteiger partial charge in [0, 0.05) is 28.0 Å². The smallest absolute Gasteiger partial charge is 0.0406 e. The first-order valence-corrected chi connectivity index (χ1v) is 8.52. The predicted molar refractivity (Wildman–Crippen MR) is 91.3 cm³/mol. The first-order valence-electron chi connectivity index (χ1n) is 8.14. The monoisotopic (exact) mass is 301 g/mol. The van der Waals surface area contributed by atoms with Crippen molar-refractivity contribution >= 4 is 11.6 Å². The fraction of sp³-hybridized carbons (Fsp3) is 0.474. The van der Waals surface area contributed by atoms with E-state index in [1.54, 1.807) is 11.3 Å². The topological polar surface area (TPSA) is 4.93 Å². The summed E-state index contributed by atoms with van der Waals surface area (Å²) in [6, 6.07) is 8.91. The number of fused-ring (bicyclic) bond motifs is 1. The lowest BCUT2D eigenvalue weighted by Gasteiger charge is -2.19. The van der Waals surface area contributed by atoms with Crippen molar-refractivity contribution < 1.29 is 0 Å². The molecule has 1 nitrogen and oxygen atoms in total. The molecule has 21 heavy (non-hydrogen) atoms. The summed E-state index contributed by atoms with van der Waals surface area (Å²) in [6.45, 7) is 6.89. The maximum Gasteiger partial charge on any atom is 0.0406 e. The fourth-order valence-electron chi connectivity index (χ4n) is 3.81. The molecule has 0 amide bonds. The van der Waals surface area contributed by atoms with Gasteiger partial charge in [0.05, 0.1) is 0 Å². The molecule has 0 aliphatic heterocycles. The van der Waals surface area contributed by atoms with Crippen LogP contribution < -0.4 is 0 Å². The second-order valence-electron chi connectivity index (χ2n) is 6.28. The van der Waals surface area contributed by atoms with Crippen LogP contribution in [0.15, 0.2) is 24.3 Å².